The predicted octanol–water partition coefficient (Wildman–Crippen LogP) is -1.91. The van der Waals surface area contributed by atoms with Gasteiger partial charge in [-0.25, -0.2) is 4.79 Å². The highest BCUT2D eigenvalue weighted by atomic mass is 16.7. The molecule has 0 saturated carbocycles. The molecule has 0 radical (unpaired) electrons. The van der Waals surface area contributed by atoms with Crippen LogP contribution < -0.4 is 9.47 Å². The Morgan fingerprint density at radius 2 is 1.68 bits per heavy atom. The smallest absolute Gasteiger partial charge is 0.351 e. The minimum atomic E-state index is -2.95. The van der Waals surface area contributed by atoms with Gasteiger partial charge in [0.2, 0.25) is 0 Å². The van der Waals surface area contributed by atoms with Gasteiger partial charge < -0.3 is 60.2 Å². The average Bonchev–Trinajstić information content (AvgIpc) is 3.13. The first-order valence-corrected chi connectivity index (χ1v) is 10.1. The van der Waals surface area contributed by atoms with Crippen molar-refractivity contribution in [1.29, 1.82) is 0 Å². The van der Waals surface area contributed by atoms with Crippen LogP contribution in [0.2, 0.25) is 0 Å². The maximum atomic E-state index is 12.7. The summed E-state index contributed by atoms with van der Waals surface area (Å²) in [5.41, 5.74) is -3.47. The SMILES string of the molecule is O=C1O[C@H]([C@@H](O)CO)[C@@]2(O)Oc3cc(O)c4c(c3[C@@]12O)O[C@H](c1cc(O)c(O)c(O)c1)[C@H](O)C4. The van der Waals surface area contributed by atoms with E-state index in [4.69, 9.17) is 14.2 Å². The number of benzene rings is 2. The molecule has 0 amide bonds. The summed E-state index contributed by atoms with van der Waals surface area (Å²) in [4.78, 5) is 12.7. The normalized spacial score (nSPS) is 32.1. The number of phenols is 4. The van der Waals surface area contributed by atoms with E-state index in [-0.39, 0.29) is 29.0 Å². The number of ether oxygens (including phenoxy) is 3. The molecule has 2 aromatic rings. The fourth-order valence-electron chi connectivity index (χ4n) is 4.66. The van der Waals surface area contributed by atoms with Crippen molar-refractivity contribution < 1.29 is 65.0 Å². The summed E-state index contributed by atoms with van der Waals surface area (Å²) in [5, 5.41) is 92.1. The minimum absolute atomic E-state index is 0.00760. The summed E-state index contributed by atoms with van der Waals surface area (Å²) in [6, 6.07) is 3.00. The Hall–Kier alpha value is -3.49. The van der Waals surface area contributed by atoms with Gasteiger partial charge in [0.1, 0.15) is 23.4 Å². The third kappa shape index (κ3) is 2.63. The Bertz CT molecular complexity index is 1190. The van der Waals surface area contributed by atoms with E-state index in [1.807, 2.05) is 0 Å². The van der Waals surface area contributed by atoms with Gasteiger partial charge in [-0.15, -0.1) is 0 Å². The average molecular weight is 480 g/mol. The number of aliphatic hydroxyl groups is 5. The topological polar surface area (TPSA) is 227 Å². The second-order valence-corrected chi connectivity index (χ2v) is 8.38. The lowest BCUT2D eigenvalue weighted by molar-refractivity contribution is -0.251. The number of phenolic OH excluding ortho intramolecular Hbond substituents is 4. The van der Waals surface area contributed by atoms with E-state index in [0.29, 0.717) is 0 Å². The number of fused-ring (bicyclic) bond motifs is 5. The number of aliphatic hydroxyl groups excluding tert-OH is 3. The number of hydrogen-bond acceptors (Lipinski definition) is 13. The van der Waals surface area contributed by atoms with Gasteiger partial charge in [0.15, 0.2) is 29.5 Å². The fraction of sp³-hybridized carbons (Fsp3) is 0.381. The van der Waals surface area contributed by atoms with Crippen molar-refractivity contribution in [3.8, 4) is 34.5 Å². The largest absolute Gasteiger partial charge is 0.507 e. The molecule has 0 aliphatic carbocycles. The number of carbonyl (C=O) groups excluding carboxylic acids is 1. The fourth-order valence-corrected chi connectivity index (χ4v) is 4.66. The third-order valence-corrected chi connectivity index (χ3v) is 6.35. The monoisotopic (exact) mass is 480 g/mol. The lowest BCUT2D eigenvalue weighted by Gasteiger charge is -2.34. The Morgan fingerprint density at radius 3 is 2.29 bits per heavy atom. The Kier molecular flexibility index (Phi) is 4.60. The van der Waals surface area contributed by atoms with Crippen molar-refractivity contribution in [2.45, 2.75) is 42.2 Å². The van der Waals surface area contributed by atoms with Gasteiger partial charge in [-0.05, 0) is 12.1 Å². The molecule has 2 aromatic carbocycles. The molecule has 0 spiro atoms. The van der Waals surface area contributed by atoms with Crippen LogP contribution in [0.3, 0.4) is 0 Å². The number of rotatable bonds is 3. The molecule has 1 fully saturated rings. The maximum absolute atomic E-state index is 12.7. The molecule has 0 bridgehead atoms. The molecule has 0 unspecified atom stereocenters. The molecule has 1 saturated heterocycles. The van der Waals surface area contributed by atoms with Crippen LogP contribution in [-0.4, -0.2) is 82.6 Å². The zero-order valence-electron chi connectivity index (χ0n) is 17.1. The highest BCUT2D eigenvalue weighted by Crippen LogP contribution is 2.60. The molecule has 13 heteroatoms. The first-order valence-electron chi connectivity index (χ1n) is 10.1. The number of cyclic esters (lactones) is 1. The van der Waals surface area contributed by atoms with Gasteiger partial charge in [0, 0.05) is 23.6 Å². The van der Waals surface area contributed by atoms with Gasteiger partial charge in [-0.2, -0.15) is 0 Å². The van der Waals surface area contributed by atoms with Crippen LogP contribution in [0.1, 0.15) is 22.8 Å². The second-order valence-electron chi connectivity index (χ2n) is 8.38. The Labute approximate surface area is 189 Å². The molecule has 13 nitrogen and oxygen atoms in total. The van der Waals surface area contributed by atoms with Gasteiger partial charge in [0.25, 0.3) is 11.4 Å². The zero-order chi connectivity index (χ0) is 24.7. The summed E-state index contributed by atoms with van der Waals surface area (Å²) >= 11 is 0. The quantitative estimate of drug-likeness (QED) is 0.173. The molecule has 9 N–H and O–H groups in total. The van der Waals surface area contributed by atoms with Crippen molar-refractivity contribution in [3.05, 3.63) is 34.9 Å². The van der Waals surface area contributed by atoms with E-state index in [2.05, 4.69) is 0 Å². The van der Waals surface area contributed by atoms with Crippen molar-refractivity contribution in [1.82, 2.24) is 0 Å². The second kappa shape index (κ2) is 7.01. The first-order chi connectivity index (χ1) is 15.9. The van der Waals surface area contributed by atoms with Crippen LogP contribution >= 0.6 is 0 Å². The van der Waals surface area contributed by atoms with Crippen LogP contribution in [0, 0.1) is 0 Å². The lowest BCUT2D eigenvalue weighted by atomic mass is 9.82. The molecule has 3 aliphatic rings. The predicted molar refractivity (Wildman–Crippen MR) is 105 cm³/mol. The van der Waals surface area contributed by atoms with Gasteiger partial charge in [-0.3, -0.25) is 0 Å². The third-order valence-electron chi connectivity index (χ3n) is 6.35. The lowest BCUT2D eigenvalue weighted by Crippen LogP contribution is -2.59. The molecule has 0 aromatic heterocycles. The van der Waals surface area contributed by atoms with Crippen molar-refractivity contribution >= 4 is 5.97 Å². The first kappa shape index (κ1) is 22.3. The Balaban J connectivity index is 1.66. The summed E-state index contributed by atoms with van der Waals surface area (Å²) < 4.78 is 16.1. The summed E-state index contributed by atoms with van der Waals surface area (Å²) in [7, 11) is 0. The molecule has 5 rings (SSSR count). The van der Waals surface area contributed by atoms with Crippen LogP contribution in [0.25, 0.3) is 0 Å². The van der Waals surface area contributed by atoms with Crippen LogP contribution in [-0.2, 0) is 21.6 Å². The van der Waals surface area contributed by atoms with E-state index in [0.717, 1.165) is 18.2 Å². The molecule has 6 atom stereocenters. The standard InChI is InChI=1S/C21H20O13/c22-5-12(27)18-21(31)20(30,19(29)33-18)14-13(34-21)4-8(23)7-3-11(26)16(32-17(7)14)6-1-9(24)15(28)10(25)2-6/h1-2,4,11-12,16,18,22-28,30-31H,3,5H2/t11-,12+,16-,18-,20-,21-/m1/s1. The number of hydrogen-bond donors (Lipinski definition) is 9. The molecule has 182 valence electrons. The number of aromatic hydroxyl groups is 4. The van der Waals surface area contributed by atoms with Crippen molar-refractivity contribution in [2.24, 2.45) is 0 Å². The molecular weight excluding hydrogens is 460 g/mol. The van der Waals surface area contributed by atoms with Crippen molar-refractivity contribution in [3.63, 3.8) is 0 Å². The highest BCUT2D eigenvalue weighted by Gasteiger charge is 2.77. The van der Waals surface area contributed by atoms with E-state index in [9.17, 15) is 50.8 Å². The van der Waals surface area contributed by atoms with Crippen LogP contribution in [0.15, 0.2) is 18.2 Å². The summed E-state index contributed by atoms with van der Waals surface area (Å²) in [5.74, 6) is -7.77. The number of esters is 1. The van der Waals surface area contributed by atoms with Gasteiger partial charge in [-0.1, -0.05) is 0 Å². The maximum Gasteiger partial charge on any atom is 0.351 e. The molecular formula is C21H20O13. The zero-order valence-corrected chi connectivity index (χ0v) is 17.1. The highest BCUT2D eigenvalue weighted by molar-refractivity contribution is 5.90. The van der Waals surface area contributed by atoms with Gasteiger partial charge >= 0.3 is 5.97 Å². The Morgan fingerprint density at radius 1 is 1.03 bits per heavy atom. The van der Waals surface area contributed by atoms with E-state index >= 15 is 0 Å². The van der Waals surface area contributed by atoms with Gasteiger partial charge in [0.05, 0.1) is 18.3 Å². The number of carbonyl (C=O) groups is 1. The minimum Gasteiger partial charge on any atom is -0.507 e. The van der Waals surface area contributed by atoms with E-state index in [1.165, 1.54) is 0 Å². The molecule has 3 aliphatic heterocycles. The van der Waals surface area contributed by atoms with E-state index < -0.39 is 76.9 Å². The van der Waals surface area contributed by atoms with Crippen LogP contribution in [0.5, 0.6) is 34.5 Å². The summed E-state index contributed by atoms with van der Waals surface area (Å²) in [6.07, 6.45) is -6.75. The molecule has 3 heterocycles. The molecule has 34 heavy (non-hydrogen) atoms. The van der Waals surface area contributed by atoms with Crippen molar-refractivity contribution in [2.75, 3.05) is 6.61 Å². The summed E-state index contributed by atoms with van der Waals surface area (Å²) in [6.45, 7) is -0.946. The van der Waals surface area contributed by atoms with E-state index in [1.54, 1.807) is 0 Å². The van der Waals surface area contributed by atoms with Crippen LogP contribution in [0.4, 0.5) is 0 Å².